The third-order valence-electron chi connectivity index (χ3n) is 3.24. The maximum absolute atomic E-state index is 11.8. The number of unbranched alkanes of at least 4 members (excludes halogenated alkanes) is 1. The zero-order valence-corrected chi connectivity index (χ0v) is 14.5. The lowest BCUT2D eigenvalue weighted by Gasteiger charge is -2.23. The summed E-state index contributed by atoms with van der Waals surface area (Å²) in [6.07, 6.45) is 2.35. The molecule has 0 aliphatic heterocycles. The Morgan fingerprint density at radius 1 is 1.33 bits per heavy atom. The van der Waals surface area contributed by atoms with Gasteiger partial charge in [0, 0.05) is 36.6 Å². The van der Waals surface area contributed by atoms with Crippen LogP contribution < -0.4 is 10.2 Å². The zero-order chi connectivity index (χ0) is 15.8. The predicted molar refractivity (Wildman–Crippen MR) is 89.4 cm³/mol. The number of carbonyl (C=O) groups is 2. The van der Waals surface area contributed by atoms with Gasteiger partial charge in [-0.1, -0.05) is 29.3 Å². The first-order valence-electron chi connectivity index (χ1n) is 7.26. The quantitative estimate of drug-likeness (QED) is 0.762. The summed E-state index contributed by atoms with van der Waals surface area (Å²) in [7, 11) is 0. The van der Waals surface area contributed by atoms with Gasteiger partial charge in [-0.05, 0) is 37.1 Å². The highest BCUT2D eigenvalue weighted by Crippen LogP contribution is 2.24. The monoisotopic (exact) mass is 354 g/mol. The van der Waals surface area contributed by atoms with E-state index in [1.165, 1.54) is 6.92 Å². The second-order valence-electron chi connectivity index (χ2n) is 5.05. The number of benzene rings is 1. The second kappa shape index (κ2) is 8.82. The van der Waals surface area contributed by atoms with Gasteiger partial charge in [0.05, 0.1) is 0 Å². The molecule has 1 rings (SSSR count). The van der Waals surface area contributed by atoms with Crippen molar-refractivity contribution in [3.05, 3.63) is 28.2 Å². The molecule has 0 radical (unpaired) electrons. The Labute approximate surface area is 135 Å². The fraction of sp³-hybridized carbons (Fsp3) is 0.500. The lowest BCUT2D eigenvalue weighted by molar-refractivity contribution is -0.121. The topological polar surface area (TPSA) is 49.4 Å². The van der Waals surface area contributed by atoms with Crippen LogP contribution in [-0.2, 0) is 9.59 Å². The van der Waals surface area contributed by atoms with Crippen molar-refractivity contribution in [1.29, 1.82) is 0 Å². The molecule has 1 aromatic carbocycles. The molecule has 21 heavy (non-hydrogen) atoms. The van der Waals surface area contributed by atoms with E-state index in [1.54, 1.807) is 4.90 Å². The average molecular weight is 355 g/mol. The van der Waals surface area contributed by atoms with Gasteiger partial charge in [-0.15, -0.1) is 0 Å². The SMILES string of the molecule is CCCCNC(=O)CCN(C(C)=O)c1ccc(Br)cc1C. The molecule has 0 aliphatic carbocycles. The molecule has 1 aromatic rings. The van der Waals surface area contributed by atoms with Gasteiger partial charge in [0.25, 0.3) is 0 Å². The van der Waals surface area contributed by atoms with Gasteiger partial charge >= 0.3 is 0 Å². The van der Waals surface area contributed by atoms with Crippen molar-refractivity contribution >= 4 is 33.4 Å². The zero-order valence-electron chi connectivity index (χ0n) is 12.9. The number of hydrogen-bond donors (Lipinski definition) is 1. The van der Waals surface area contributed by atoms with E-state index in [9.17, 15) is 9.59 Å². The van der Waals surface area contributed by atoms with Gasteiger partial charge in [0.2, 0.25) is 11.8 Å². The van der Waals surface area contributed by atoms with Crippen LogP contribution in [0.4, 0.5) is 5.69 Å². The van der Waals surface area contributed by atoms with Gasteiger partial charge in [-0.2, -0.15) is 0 Å². The largest absolute Gasteiger partial charge is 0.356 e. The second-order valence-corrected chi connectivity index (χ2v) is 5.97. The average Bonchev–Trinajstić information content (AvgIpc) is 2.41. The number of aryl methyl sites for hydroxylation is 1. The first kappa shape index (κ1) is 17.7. The molecule has 5 heteroatoms. The number of hydrogen-bond acceptors (Lipinski definition) is 2. The van der Waals surface area contributed by atoms with Crippen molar-refractivity contribution < 1.29 is 9.59 Å². The highest BCUT2D eigenvalue weighted by Gasteiger charge is 2.15. The third-order valence-corrected chi connectivity index (χ3v) is 3.74. The number of rotatable bonds is 7. The van der Waals surface area contributed by atoms with Gasteiger partial charge in [-0.3, -0.25) is 9.59 Å². The number of nitrogens with zero attached hydrogens (tertiary/aromatic N) is 1. The lowest BCUT2D eigenvalue weighted by atomic mass is 10.1. The van der Waals surface area contributed by atoms with Crippen LogP contribution in [0.15, 0.2) is 22.7 Å². The maximum atomic E-state index is 11.8. The minimum Gasteiger partial charge on any atom is -0.356 e. The van der Waals surface area contributed by atoms with Crippen LogP contribution in [0.5, 0.6) is 0 Å². The molecule has 0 saturated carbocycles. The van der Waals surface area contributed by atoms with Crippen LogP contribution in [0.1, 0.15) is 38.7 Å². The van der Waals surface area contributed by atoms with Crippen molar-refractivity contribution in [3.63, 3.8) is 0 Å². The van der Waals surface area contributed by atoms with Crippen molar-refractivity contribution in [3.8, 4) is 0 Å². The van der Waals surface area contributed by atoms with E-state index in [4.69, 9.17) is 0 Å². The van der Waals surface area contributed by atoms with Crippen LogP contribution in [-0.4, -0.2) is 24.9 Å². The van der Waals surface area contributed by atoms with Crippen LogP contribution in [0, 0.1) is 6.92 Å². The van der Waals surface area contributed by atoms with E-state index in [0.717, 1.165) is 28.6 Å². The van der Waals surface area contributed by atoms with Gasteiger partial charge in [-0.25, -0.2) is 0 Å². The molecule has 0 bridgehead atoms. The van der Waals surface area contributed by atoms with E-state index >= 15 is 0 Å². The number of nitrogens with one attached hydrogen (secondary N) is 1. The molecule has 0 aromatic heterocycles. The van der Waals surface area contributed by atoms with Gasteiger partial charge in [0.1, 0.15) is 0 Å². The van der Waals surface area contributed by atoms with Crippen molar-refractivity contribution in [2.75, 3.05) is 18.0 Å². The summed E-state index contributed by atoms with van der Waals surface area (Å²) in [5.74, 6) is -0.0637. The van der Waals surface area contributed by atoms with E-state index in [1.807, 2.05) is 25.1 Å². The molecule has 116 valence electrons. The maximum Gasteiger partial charge on any atom is 0.223 e. The molecule has 0 aliphatic rings. The summed E-state index contributed by atoms with van der Waals surface area (Å²) in [6, 6.07) is 5.77. The third kappa shape index (κ3) is 5.87. The first-order chi connectivity index (χ1) is 9.95. The van der Waals surface area contributed by atoms with E-state index in [-0.39, 0.29) is 11.8 Å². The Morgan fingerprint density at radius 3 is 2.62 bits per heavy atom. The molecule has 0 spiro atoms. The molecule has 0 fully saturated rings. The summed E-state index contributed by atoms with van der Waals surface area (Å²) in [4.78, 5) is 25.2. The number of carbonyl (C=O) groups excluding carboxylic acids is 2. The Balaban J connectivity index is 2.66. The van der Waals surface area contributed by atoms with Crippen molar-refractivity contribution in [2.24, 2.45) is 0 Å². The van der Waals surface area contributed by atoms with E-state index in [2.05, 4.69) is 28.2 Å². The molecule has 0 unspecified atom stereocenters. The fourth-order valence-corrected chi connectivity index (χ4v) is 2.55. The molecule has 2 amide bonds. The van der Waals surface area contributed by atoms with Crippen LogP contribution in [0.25, 0.3) is 0 Å². The molecule has 4 nitrogen and oxygen atoms in total. The van der Waals surface area contributed by atoms with E-state index < -0.39 is 0 Å². The predicted octanol–water partition coefficient (Wildman–Crippen LogP) is 3.42. The summed E-state index contributed by atoms with van der Waals surface area (Å²) < 4.78 is 0.976. The number of halogens is 1. The van der Waals surface area contributed by atoms with Crippen LogP contribution in [0.3, 0.4) is 0 Å². The standard InChI is InChI=1S/C16H23BrN2O2/c1-4-5-9-18-16(21)8-10-19(13(3)20)15-7-6-14(17)11-12(15)2/h6-7,11H,4-5,8-10H2,1-3H3,(H,18,21). The van der Waals surface area contributed by atoms with Crippen molar-refractivity contribution in [2.45, 2.75) is 40.0 Å². The van der Waals surface area contributed by atoms with Gasteiger partial charge < -0.3 is 10.2 Å². The van der Waals surface area contributed by atoms with E-state index in [0.29, 0.717) is 19.5 Å². The fourth-order valence-electron chi connectivity index (χ4n) is 2.08. The highest BCUT2D eigenvalue weighted by molar-refractivity contribution is 9.10. The number of anilines is 1. The lowest BCUT2D eigenvalue weighted by Crippen LogP contribution is -2.34. The first-order valence-corrected chi connectivity index (χ1v) is 8.06. The molecule has 0 saturated heterocycles. The Morgan fingerprint density at radius 2 is 2.05 bits per heavy atom. The van der Waals surface area contributed by atoms with Crippen LogP contribution in [0.2, 0.25) is 0 Å². The normalized spacial score (nSPS) is 10.3. The van der Waals surface area contributed by atoms with Crippen LogP contribution >= 0.6 is 15.9 Å². The Bertz CT molecular complexity index is 503. The molecule has 0 heterocycles. The number of amides is 2. The summed E-state index contributed by atoms with van der Waals surface area (Å²) in [5.41, 5.74) is 1.86. The summed E-state index contributed by atoms with van der Waals surface area (Å²) >= 11 is 3.41. The minimum absolute atomic E-state index is 0.00975. The molecular weight excluding hydrogens is 332 g/mol. The molecule has 0 atom stereocenters. The van der Waals surface area contributed by atoms with Gasteiger partial charge in [0.15, 0.2) is 0 Å². The summed E-state index contributed by atoms with van der Waals surface area (Å²) in [6.45, 7) is 6.66. The molecular formula is C16H23BrN2O2. The highest BCUT2D eigenvalue weighted by atomic mass is 79.9. The van der Waals surface area contributed by atoms with Crippen molar-refractivity contribution in [1.82, 2.24) is 5.32 Å². The Hall–Kier alpha value is -1.36. The molecule has 1 N–H and O–H groups in total. The minimum atomic E-state index is -0.0539. The smallest absolute Gasteiger partial charge is 0.223 e. The Kier molecular flexibility index (Phi) is 7.43. The summed E-state index contributed by atoms with van der Waals surface area (Å²) in [5, 5.41) is 2.87.